The van der Waals surface area contributed by atoms with Gasteiger partial charge < -0.3 is 5.73 Å². The zero-order valence-corrected chi connectivity index (χ0v) is 25.7. The maximum Gasteiger partial charge on any atom is -0.00773 e. The number of unbranched alkanes of at least 4 members (excludes halogenated alkanes) is 10. The third-order valence-corrected chi connectivity index (χ3v) is 9.86. The molecule has 0 bridgehead atoms. The van der Waals surface area contributed by atoms with Crippen LogP contribution in [0.15, 0.2) is 0 Å². The SMILES string of the molecule is CCC(C)(CC(C)CCCCCCCCCCCCCN)C1CCCCCCCCCCCCCC1. The molecular weight excluding hydrogens is 434 g/mol. The normalized spacial score (nSPS) is 20.3. The highest BCUT2D eigenvalue weighted by Crippen LogP contribution is 2.44. The number of nitrogens with two attached hydrogens (primary N) is 1. The molecule has 1 fully saturated rings. The van der Waals surface area contributed by atoms with Crippen molar-refractivity contribution in [3.05, 3.63) is 0 Å². The Bertz CT molecular complexity index is 430. The van der Waals surface area contributed by atoms with Crippen molar-refractivity contribution in [2.24, 2.45) is 23.0 Å². The predicted molar refractivity (Wildman–Crippen MR) is 165 cm³/mol. The van der Waals surface area contributed by atoms with Crippen molar-refractivity contribution in [1.29, 1.82) is 0 Å². The van der Waals surface area contributed by atoms with Gasteiger partial charge in [0.05, 0.1) is 0 Å². The lowest BCUT2D eigenvalue weighted by Gasteiger charge is -2.40. The van der Waals surface area contributed by atoms with Gasteiger partial charge in [-0.2, -0.15) is 0 Å². The zero-order valence-electron chi connectivity index (χ0n) is 25.7. The third-order valence-electron chi connectivity index (χ3n) is 9.86. The molecule has 1 saturated carbocycles. The van der Waals surface area contributed by atoms with Crippen molar-refractivity contribution in [3.63, 3.8) is 0 Å². The van der Waals surface area contributed by atoms with E-state index in [0.29, 0.717) is 5.41 Å². The first-order valence-electron chi connectivity index (χ1n) is 17.3. The molecule has 0 radical (unpaired) electrons. The summed E-state index contributed by atoms with van der Waals surface area (Å²) in [5, 5.41) is 0. The van der Waals surface area contributed by atoms with E-state index >= 15 is 0 Å². The molecule has 1 aliphatic carbocycles. The zero-order chi connectivity index (χ0) is 26.2. The molecule has 1 rings (SSSR count). The lowest BCUT2D eigenvalue weighted by atomic mass is 9.66. The Morgan fingerprint density at radius 1 is 0.583 bits per heavy atom. The van der Waals surface area contributed by atoms with E-state index in [2.05, 4.69) is 20.8 Å². The van der Waals surface area contributed by atoms with Gasteiger partial charge in [-0.25, -0.2) is 0 Å². The molecule has 2 unspecified atom stereocenters. The van der Waals surface area contributed by atoms with Crippen molar-refractivity contribution < 1.29 is 0 Å². The second-order valence-corrected chi connectivity index (χ2v) is 13.3. The van der Waals surface area contributed by atoms with Gasteiger partial charge in [-0.15, -0.1) is 0 Å². The fourth-order valence-corrected chi connectivity index (χ4v) is 7.12. The van der Waals surface area contributed by atoms with E-state index in [9.17, 15) is 0 Å². The van der Waals surface area contributed by atoms with Crippen LogP contribution in [-0.2, 0) is 0 Å². The molecule has 0 aromatic rings. The van der Waals surface area contributed by atoms with Gasteiger partial charge >= 0.3 is 0 Å². The molecule has 0 saturated heterocycles. The van der Waals surface area contributed by atoms with Gasteiger partial charge in [0.15, 0.2) is 0 Å². The Kier molecular flexibility index (Phi) is 22.7. The topological polar surface area (TPSA) is 26.0 Å². The van der Waals surface area contributed by atoms with Crippen LogP contribution in [0, 0.1) is 17.3 Å². The van der Waals surface area contributed by atoms with Crippen LogP contribution < -0.4 is 5.73 Å². The highest BCUT2D eigenvalue weighted by atomic mass is 14.5. The first kappa shape index (κ1) is 34.0. The average Bonchev–Trinajstić information content (AvgIpc) is 2.88. The first-order valence-corrected chi connectivity index (χ1v) is 17.3. The maximum absolute atomic E-state index is 5.58. The summed E-state index contributed by atoms with van der Waals surface area (Å²) in [5.74, 6) is 1.87. The van der Waals surface area contributed by atoms with Crippen molar-refractivity contribution in [2.75, 3.05) is 6.54 Å². The number of hydrogen-bond donors (Lipinski definition) is 1. The molecule has 1 heteroatoms. The van der Waals surface area contributed by atoms with Gasteiger partial charge in [-0.3, -0.25) is 0 Å². The van der Waals surface area contributed by atoms with Crippen molar-refractivity contribution >= 4 is 0 Å². The summed E-state index contributed by atoms with van der Waals surface area (Å²) < 4.78 is 0. The van der Waals surface area contributed by atoms with E-state index in [0.717, 1.165) is 18.4 Å². The quantitative estimate of drug-likeness (QED) is 0.195. The van der Waals surface area contributed by atoms with Crippen LogP contribution in [0.4, 0.5) is 0 Å². The van der Waals surface area contributed by atoms with Crippen LogP contribution in [0.2, 0.25) is 0 Å². The third kappa shape index (κ3) is 18.3. The van der Waals surface area contributed by atoms with E-state index in [1.54, 1.807) is 0 Å². The van der Waals surface area contributed by atoms with Gasteiger partial charge in [-0.1, -0.05) is 175 Å². The Morgan fingerprint density at radius 2 is 0.944 bits per heavy atom. The average molecular weight is 506 g/mol. The summed E-state index contributed by atoms with van der Waals surface area (Å²) in [7, 11) is 0. The van der Waals surface area contributed by atoms with Crippen LogP contribution in [0.25, 0.3) is 0 Å². The van der Waals surface area contributed by atoms with E-state index in [1.807, 2.05) is 0 Å². The van der Waals surface area contributed by atoms with Gasteiger partial charge in [0.25, 0.3) is 0 Å². The largest absolute Gasteiger partial charge is 0.330 e. The summed E-state index contributed by atoms with van der Waals surface area (Å²) in [6.45, 7) is 8.63. The van der Waals surface area contributed by atoms with Crippen molar-refractivity contribution in [1.82, 2.24) is 0 Å². The van der Waals surface area contributed by atoms with Crippen LogP contribution >= 0.6 is 0 Å². The van der Waals surface area contributed by atoms with Crippen LogP contribution in [0.1, 0.15) is 201 Å². The van der Waals surface area contributed by atoms with Crippen molar-refractivity contribution in [2.45, 2.75) is 201 Å². The molecule has 1 aliphatic rings. The Morgan fingerprint density at radius 3 is 1.33 bits per heavy atom. The summed E-state index contributed by atoms with van der Waals surface area (Å²) in [6.07, 6.45) is 40.8. The Balaban J connectivity index is 2.28. The number of hydrogen-bond acceptors (Lipinski definition) is 1. The minimum Gasteiger partial charge on any atom is -0.330 e. The smallest absolute Gasteiger partial charge is 0.00773 e. The summed E-state index contributed by atoms with van der Waals surface area (Å²) in [5.41, 5.74) is 6.15. The molecule has 0 amide bonds. The number of rotatable bonds is 17. The monoisotopic (exact) mass is 506 g/mol. The predicted octanol–water partition coefficient (Wildman–Crippen LogP) is 12.2. The Hall–Kier alpha value is -0.0400. The van der Waals surface area contributed by atoms with Gasteiger partial charge in [0, 0.05) is 0 Å². The minimum atomic E-state index is 0.567. The molecule has 2 atom stereocenters. The van der Waals surface area contributed by atoms with Gasteiger partial charge in [0.2, 0.25) is 0 Å². The molecule has 0 aromatic heterocycles. The van der Waals surface area contributed by atoms with E-state index in [-0.39, 0.29) is 0 Å². The van der Waals surface area contributed by atoms with E-state index < -0.39 is 0 Å². The summed E-state index contributed by atoms with van der Waals surface area (Å²) in [4.78, 5) is 0. The van der Waals surface area contributed by atoms with E-state index in [1.165, 1.54) is 180 Å². The first-order chi connectivity index (χ1) is 17.6. The van der Waals surface area contributed by atoms with Crippen LogP contribution in [-0.4, -0.2) is 6.54 Å². The second-order valence-electron chi connectivity index (χ2n) is 13.3. The lowest BCUT2D eigenvalue weighted by molar-refractivity contribution is 0.109. The fraction of sp³-hybridized carbons (Fsp3) is 1.00. The standard InChI is InChI=1S/C35H71N/c1-4-35(3,34-29-25-21-17-13-9-5-6-10-14-18-22-26-30-34)32-33(2)28-24-20-16-12-8-7-11-15-19-23-27-31-36/h33-34H,4-32,36H2,1-3H3. The molecule has 1 nitrogen and oxygen atoms in total. The highest BCUT2D eigenvalue weighted by molar-refractivity contribution is 4.83. The molecule has 0 heterocycles. The van der Waals surface area contributed by atoms with Crippen LogP contribution in [0.3, 0.4) is 0 Å². The lowest BCUT2D eigenvalue weighted by Crippen LogP contribution is -2.29. The molecule has 0 aromatic carbocycles. The second kappa shape index (κ2) is 24.0. The van der Waals surface area contributed by atoms with Gasteiger partial charge in [-0.05, 0) is 49.5 Å². The molecule has 36 heavy (non-hydrogen) atoms. The van der Waals surface area contributed by atoms with Crippen LogP contribution in [0.5, 0.6) is 0 Å². The maximum atomic E-state index is 5.58. The molecule has 2 N–H and O–H groups in total. The highest BCUT2D eigenvalue weighted by Gasteiger charge is 2.33. The molecule has 0 aliphatic heterocycles. The summed E-state index contributed by atoms with van der Waals surface area (Å²) >= 11 is 0. The Labute approximate surface area is 229 Å². The molecule has 0 spiro atoms. The molecule has 216 valence electrons. The van der Waals surface area contributed by atoms with Crippen molar-refractivity contribution in [3.8, 4) is 0 Å². The minimum absolute atomic E-state index is 0.567. The molecular formula is C35H71N. The fourth-order valence-electron chi connectivity index (χ4n) is 7.12. The van der Waals surface area contributed by atoms with Gasteiger partial charge in [0.1, 0.15) is 0 Å². The van der Waals surface area contributed by atoms with E-state index in [4.69, 9.17) is 5.73 Å². The summed E-state index contributed by atoms with van der Waals surface area (Å²) in [6, 6.07) is 0.